The summed E-state index contributed by atoms with van der Waals surface area (Å²) in [6, 6.07) is 2.20. The van der Waals surface area contributed by atoms with Gasteiger partial charge in [-0.2, -0.15) is 11.3 Å². The molecular weight excluding hydrogens is 320 g/mol. The van der Waals surface area contributed by atoms with E-state index in [9.17, 15) is 4.79 Å². The molecule has 132 valence electrons. The highest BCUT2D eigenvalue weighted by molar-refractivity contribution is 7.07. The number of thiophene rings is 1. The zero-order valence-electron chi connectivity index (χ0n) is 14.5. The van der Waals surface area contributed by atoms with E-state index >= 15 is 0 Å². The number of likely N-dealkylation sites (tertiary alicyclic amines) is 2. The highest BCUT2D eigenvalue weighted by Gasteiger charge is 2.43. The van der Waals surface area contributed by atoms with Crippen LogP contribution in [0.1, 0.15) is 38.2 Å². The van der Waals surface area contributed by atoms with Gasteiger partial charge in [-0.1, -0.05) is 6.92 Å². The molecule has 1 aromatic heterocycles. The number of amides is 1. The second-order valence-corrected chi connectivity index (χ2v) is 8.60. The third-order valence-electron chi connectivity index (χ3n) is 5.99. The standard InChI is InChI=1S/C19H28N2O2S/c1-14-2-7-21(8-3-14)19(22)17-10-16-4-6-20(12-18(16)23-17)11-15-5-9-24-13-15/h5,9,13-14,16-18H,2-4,6-8,10-12H2,1H3/t16-,17+,18+/m1/s1. The number of piperidine rings is 2. The summed E-state index contributed by atoms with van der Waals surface area (Å²) in [6.07, 6.45) is 4.43. The van der Waals surface area contributed by atoms with Crippen molar-refractivity contribution < 1.29 is 9.53 Å². The molecule has 4 nitrogen and oxygen atoms in total. The van der Waals surface area contributed by atoms with Crippen molar-refractivity contribution in [1.29, 1.82) is 0 Å². The second kappa shape index (κ2) is 7.14. The molecule has 3 aliphatic rings. The highest BCUT2D eigenvalue weighted by Crippen LogP contribution is 2.35. The molecule has 0 N–H and O–H groups in total. The minimum atomic E-state index is -0.186. The van der Waals surface area contributed by atoms with Crippen molar-refractivity contribution in [2.24, 2.45) is 11.8 Å². The summed E-state index contributed by atoms with van der Waals surface area (Å²) in [5.74, 6) is 1.58. The van der Waals surface area contributed by atoms with Crippen LogP contribution >= 0.6 is 11.3 Å². The first-order chi connectivity index (χ1) is 11.7. The van der Waals surface area contributed by atoms with Gasteiger partial charge in [0.2, 0.25) is 0 Å². The monoisotopic (exact) mass is 348 g/mol. The molecule has 3 aliphatic heterocycles. The van der Waals surface area contributed by atoms with Crippen LogP contribution in [0.4, 0.5) is 0 Å². The van der Waals surface area contributed by atoms with E-state index < -0.39 is 0 Å². The Balaban J connectivity index is 1.31. The zero-order chi connectivity index (χ0) is 16.5. The summed E-state index contributed by atoms with van der Waals surface area (Å²) in [4.78, 5) is 17.3. The Hall–Kier alpha value is -0.910. The number of hydrogen-bond acceptors (Lipinski definition) is 4. The number of ether oxygens (including phenoxy) is 1. The van der Waals surface area contributed by atoms with E-state index in [1.807, 2.05) is 4.90 Å². The maximum Gasteiger partial charge on any atom is 0.251 e. The predicted octanol–water partition coefficient (Wildman–Crippen LogP) is 2.99. The molecule has 0 aliphatic carbocycles. The molecule has 3 saturated heterocycles. The average Bonchev–Trinajstić information content (AvgIpc) is 3.24. The van der Waals surface area contributed by atoms with E-state index in [0.717, 1.165) is 64.3 Å². The van der Waals surface area contributed by atoms with Crippen molar-refractivity contribution in [1.82, 2.24) is 9.80 Å². The van der Waals surface area contributed by atoms with Gasteiger partial charge in [-0.25, -0.2) is 0 Å². The summed E-state index contributed by atoms with van der Waals surface area (Å²) in [5.41, 5.74) is 1.39. The molecule has 5 heteroatoms. The summed E-state index contributed by atoms with van der Waals surface area (Å²) in [6.45, 7) is 7.23. The van der Waals surface area contributed by atoms with Gasteiger partial charge in [0, 0.05) is 26.2 Å². The molecule has 0 unspecified atom stereocenters. The van der Waals surface area contributed by atoms with Crippen LogP contribution in [0.3, 0.4) is 0 Å². The van der Waals surface area contributed by atoms with Gasteiger partial charge in [0.1, 0.15) is 6.10 Å². The zero-order valence-corrected chi connectivity index (χ0v) is 15.3. The van der Waals surface area contributed by atoms with Crippen LogP contribution in [-0.4, -0.2) is 54.1 Å². The van der Waals surface area contributed by atoms with E-state index in [-0.39, 0.29) is 18.1 Å². The summed E-state index contributed by atoms with van der Waals surface area (Å²) < 4.78 is 6.23. The van der Waals surface area contributed by atoms with Gasteiger partial charge < -0.3 is 9.64 Å². The van der Waals surface area contributed by atoms with Crippen molar-refractivity contribution >= 4 is 17.2 Å². The van der Waals surface area contributed by atoms with Crippen LogP contribution in [0.15, 0.2) is 16.8 Å². The summed E-state index contributed by atoms with van der Waals surface area (Å²) in [7, 11) is 0. The minimum absolute atomic E-state index is 0.186. The molecule has 1 amide bonds. The first-order valence-corrected chi connectivity index (χ1v) is 10.3. The molecule has 1 aromatic rings. The third kappa shape index (κ3) is 3.53. The number of carbonyl (C=O) groups is 1. The van der Waals surface area contributed by atoms with Crippen LogP contribution < -0.4 is 0 Å². The van der Waals surface area contributed by atoms with Crippen molar-refractivity contribution in [3.63, 3.8) is 0 Å². The average molecular weight is 349 g/mol. The van der Waals surface area contributed by atoms with Crippen LogP contribution in [0, 0.1) is 11.8 Å². The fourth-order valence-electron chi connectivity index (χ4n) is 4.37. The van der Waals surface area contributed by atoms with Gasteiger partial charge in [0.15, 0.2) is 0 Å². The molecule has 0 saturated carbocycles. The Morgan fingerprint density at radius 2 is 2.12 bits per heavy atom. The molecule has 24 heavy (non-hydrogen) atoms. The summed E-state index contributed by atoms with van der Waals surface area (Å²) in [5, 5.41) is 4.37. The lowest BCUT2D eigenvalue weighted by atomic mass is 9.91. The largest absolute Gasteiger partial charge is 0.364 e. The maximum atomic E-state index is 12.8. The molecule has 3 fully saturated rings. The van der Waals surface area contributed by atoms with Crippen LogP contribution in [0.2, 0.25) is 0 Å². The van der Waals surface area contributed by atoms with E-state index in [2.05, 4.69) is 28.7 Å². The van der Waals surface area contributed by atoms with Gasteiger partial charge in [-0.3, -0.25) is 9.69 Å². The van der Waals surface area contributed by atoms with Crippen LogP contribution in [0.25, 0.3) is 0 Å². The molecule has 0 radical (unpaired) electrons. The van der Waals surface area contributed by atoms with E-state index in [1.165, 1.54) is 5.56 Å². The van der Waals surface area contributed by atoms with Crippen LogP contribution in [0.5, 0.6) is 0 Å². The van der Waals surface area contributed by atoms with Crippen molar-refractivity contribution in [3.05, 3.63) is 22.4 Å². The van der Waals surface area contributed by atoms with Crippen molar-refractivity contribution in [2.75, 3.05) is 26.2 Å². The number of fused-ring (bicyclic) bond motifs is 1. The Morgan fingerprint density at radius 1 is 1.29 bits per heavy atom. The maximum absolute atomic E-state index is 12.8. The van der Waals surface area contributed by atoms with Gasteiger partial charge in [-0.15, -0.1) is 0 Å². The molecule has 0 spiro atoms. The first-order valence-electron chi connectivity index (χ1n) is 9.36. The number of hydrogen-bond donors (Lipinski definition) is 0. The van der Waals surface area contributed by atoms with Gasteiger partial charge in [-0.05, 0) is 66.5 Å². The fourth-order valence-corrected chi connectivity index (χ4v) is 5.03. The Labute approximate surface area is 148 Å². The Bertz CT molecular complexity index is 554. The summed E-state index contributed by atoms with van der Waals surface area (Å²) >= 11 is 1.76. The van der Waals surface area contributed by atoms with E-state index in [0.29, 0.717) is 5.92 Å². The quantitative estimate of drug-likeness (QED) is 0.842. The van der Waals surface area contributed by atoms with Crippen molar-refractivity contribution in [3.8, 4) is 0 Å². The second-order valence-electron chi connectivity index (χ2n) is 7.82. The minimum Gasteiger partial charge on any atom is -0.364 e. The van der Waals surface area contributed by atoms with Gasteiger partial charge >= 0.3 is 0 Å². The Kier molecular flexibility index (Phi) is 4.93. The topological polar surface area (TPSA) is 32.8 Å². The van der Waals surface area contributed by atoms with Crippen molar-refractivity contribution in [2.45, 2.75) is 51.4 Å². The van der Waals surface area contributed by atoms with Crippen LogP contribution in [-0.2, 0) is 16.1 Å². The molecule has 4 rings (SSSR count). The molecule has 0 aromatic carbocycles. The molecule has 0 bridgehead atoms. The van der Waals surface area contributed by atoms with Gasteiger partial charge in [0.05, 0.1) is 6.10 Å². The van der Waals surface area contributed by atoms with Gasteiger partial charge in [0.25, 0.3) is 5.91 Å². The fraction of sp³-hybridized carbons (Fsp3) is 0.737. The smallest absolute Gasteiger partial charge is 0.251 e. The number of rotatable bonds is 3. The van der Waals surface area contributed by atoms with E-state index in [4.69, 9.17) is 4.74 Å². The normalized spacial score (nSPS) is 32.0. The lowest BCUT2D eigenvalue weighted by Crippen LogP contribution is -2.44. The highest BCUT2D eigenvalue weighted by atomic mass is 32.1. The third-order valence-corrected chi connectivity index (χ3v) is 6.73. The molecular formula is C19H28N2O2S. The molecule has 4 heterocycles. The predicted molar refractivity (Wildman–Crippen MR) is 96.0 cm³/mol. The van der Waals surface area contributed by atoms with E-state index in [1.54, 1.807) is 11.3 Å². The lowest BCUT2D eigenvalue weighted by Gasteiger charge is -2.34. The molecule has 3 atom stereocenters. The lowest BCUT2D eigenvalue weighted by molar-refractivity contribution is -0.145. The first kappa shape index (κ1) is 16.6. The SMILES string of the molecule is CC1CCN(C(=O)[C@@H]2C[C@H]3CCN(Cc4ccsc4)C[C@@H]3O2)CC1. The Morgan fingerprint density at radius 3 is 2.88 bits per heavy atom. The number of nitrogens with zero attached hydrogens (tertiary/aromatic N) is 2. The number of carbonyl (C=O) groups excluding carboxylic acids is 1.